The lowest BCUT2D eigenvalue weighted by Gasteiger charge is -2.10. The summed E-state index contributed by atoms with van der Waals surface area (Å²) in [4.78, 5) is 16.4. The summed E-state index contributed by atoms with van der Waals surface area (Å²) in [6.45, 7) is 0.457. The van der Waals surface area contributed by atoms with Gasteiger partial charge in [-0.05, 0) is 35.9 Å². The summed E-state index contributed by atoms with van der Waals surface area (Å²) in [6, 6.07) is 24.1. The smallest absolute Gasteiger partial charge is 0.263 e. The van der Waals surface area contributed by atoms with Crippen LogP contribution < -0.4 is 14.8 Å². The fourth-order valence-corrected chi connectivity index (χ4v) is 2.78. The molecule has 0 fully saturated rings. The van der Waals surface area contributed by atoms with Crippen LogP contribution in [0.5, 0.6) is 17.4 Å². The van der Waals surface area contributed by atoms with E-state index in [2.05, 4.69) is 15.4 Å². The molecule has 0 spiro atoms. The molecule has 0 aliphatic carbocycles. The van der Waals surface area contributed by atoms with Crippen molar-refractivity contribution in [2.45, 2.75) is 6.54 Å². The van der Waals surface area contributed by atoms with Crippen LogP contribution in [0.4, 0.5) is 5.82 Å². The van der Waals surface area contributed by atoms with Crippen LogP contribution in [0.1, 0.15) is 5.56 Å². The van der Waals surface area contributed by atoms with E-state index in [9.17, 15) is 4.79 Å². The minimum atomic E-state index is -0.265. The van der Waals surface area contributed by atoms with E-state index in [0.717, 1.165) is 5.56 Å². The molecule has 0 aliphatic heterocycles. The summed E-state index contributed by atoms with van der Waals surface area (Å²) in [5.74, 6) is 2.06. The van der Waals surface area contributed by atoms with Gasteiger partial charge in [-0.15, -0.1) is 0 Å². The van der Waals surface area contributed by atoms with E-state index < -0.39 is 0 Å². The first-order valence-corrected chi connectivity index (χ1v) is 9.43. The van der Waals surface area contributed by atoms with Crippen molar-refractivity contribution >= 4 is 11.7 Å². The molecule has 4 rings (SSSR count). The molecule has 0 saturated carbocycles. The highest BCUT2D eigenvalue weighted by molar-refractivity contribution is 5.91. The van der Waals surface area contributed by atoms with Gasteiger partial charge in [0.1, 0.15) is 17.3 Å². The van der Waals surface area contributed by atoms with Gasteiger partial charge in [-0.3, -0.25) is 4.79 Å². The third-order valence-corrected chi connectivity index (χ3v) is 4.21. The third kappa shape index (κ3) is 5.23. The molecule has 0 atom stereocenters. The lowest BCUT2D eigenvalue weighted by atomic mass is 10.2. The number of hydrogen-bond acceptors (Lipinski definition) is 5. The van der Waals surface area contributed by atoms with Crippen LogP contribution in [0, 0.1) is 0 Å². The molecule has 0 unspecified atom stereocenters. The van der Waals surface area contributed by atoms with Crippen LogP contribution in [-0.4, -0.2) is 27.3 Å². The molecule has 2 heterocycles. The molecule has 0 bridgehead atoms. The Bertz CT molecular complexity index is 1080. The van der Waals surface area contributed by atoms with Crippen LogP contribution in [-0.2, 0) is 11.3 Å². The monoisotopic (exact) mass is 400 g/mol. The third-order valence-electron chi connectivity index (χ3n) is 4.21. The Morgan fingerprint density at radius 3 is 2.40 bits per heavy atom. The van der Waals surface area contributed by atoms with Crippen LogP contribution in [0.25, 0.3) is 0 Å². The Morgan fingerprint density at radius 1 is 0.867 bits per heavy atom. The standard InChI is InChI=1S/C23H20N4O3/c28-22(26-21-13-15-25-27(21)16-18-6-2-1-3-7-18)17-29-19-9-11-20(12-10-19)30-23-8-4-5-14-24-23/h1-15H,16-17H2,(H,26,28). The quantitative estimate of drug-likeness (QED) is 0.481. The minimum Gasteiger partial charge on any atom is -0.484 e. The van der Waals surface area contributed by atoms with Crippen molar-refractivity contribution in [1.29, 1.82) is 0 Å². The van der Waals surface area contributed by atoms with Crippen molar-refractivity contribution in [3.63, 3.8) is 0 Å². The Labute approximate surface area is 173 Å². The van der Waals surface area contributed by atoms with Gasteiger partial charge >= 0.3 is 0 Å². The molecule has 2 aromatic heterocycles. The number of nitrogens with one attached hydrogen (secondary N) is 1. The summed E-state index contributed by atoms with van der Waals surface area (Å²) in [6.07, 6.45) is 3.32. The van der Waals surface area contributed by atoms with Crippen molar-refractivity contribution in [3.8, 4) is 17.4 Å². The predicted molar refractivity (Wildman–Crippen MR) is 113 cm³/mol. The molecule has 150 valence electrons. The first kappa shape index (κ1) is 19.2. The van der Waals surface area contributed by atoms with E-state index >= 15 is 0 Å². The van der Waals surface area contributed by atoms with Gasteiger partial charge in [-0.25, -0.2) is 9.67 Å². The second-order valence-corrected chi connectivity index (χ2v) is 6.44. The van der Waals surface area contributed by atoms with Gasteiger partial charge < -0.3 is 14.8 Å². The second kappa shape index (κ2) is 9.38. The van der Waals surface area contributed by atoms with Gasteiger partial charge in [0.25, 0.3) is 5.91 Å². The summed E-state index contributed by atoms with van der Waals surface area (Å²) in [5.41, 5.74) is 1.10. The number of carbonyl (C=O) groups excluding carboxylic acids is 1. The average molecular weight is 400 g/mol. The van der Waals surface area contributed by atoms with Crippen LogP contribution in [0.2, 0.25) is 0 Å². The number of anilines is 1. The molecule has 1 amide bonds. The molecule has 2 aromatic carbocycles. The number of ether oxygens (including phenoxy) is 2. The van der Waals surface area contributed by atoms with Crippen molar-refractivity contribution in [3.05, 3.63) is 96.8 Å². The topological polar surface area (TPSA) is 78.3 Å². The minimum absolute atomic E-state index is 0.114. The Morgan fingerprint density at radius 2 is 1.63 bits per heavy atom. The number of rotatable bonds is 8. The van der Waals surface area contributed by atoms with Crippen molar-refractivity contribution in [1.82, 2.24) is 14.8 Å². The lowest BCUT2D eigenvalue weighted by Crippen LogP contribution is -2.22. The number of amides is 1. The van der Waals surface area contributed by atoms with E-state index in [1.54, 1.807) is 53.5 Å². The molecule has 7 nitrogen and oxygen atoms in total. The fraction of sp³-hybridized carbons (Fsp3) is 0.0870. The van der Waals surface area contributed by atoms with Gasteiger partial charge in [-0.1, -0.05) is 36.4 Å². The Kier molecular flexibility index (Phi) is 6.00. The number of pyridine rings is 1. The summed E-state index contributed by atoms with van der Waals surface area (Å²) in [7, 11) is 0. The zero-order chi connectivity index (χ0) is 20.6. The molecule has 0 aliphatic rings. The van der Waals surface area contributed by atoms with E-state index in [1.165, 1.54) is 0 Å². The molecule has 1 N–H and O–H groups in total. The maximum atomic E-state index is 12.3. The van der Waals surface area contributed by atoms with Gasteiger partial charge in [-0.2, -0.15) is 5.10 Å². The molecule has 7 heteroatoms. The van der Waals surface area contributed by atoms with Gasteiger partial charge in [0.2, 0.25) is 5.88 Å². The second-order valence-electron chi connectivity index (χ2n) is 6.44. The summed E-state index contributed by atoms with van der Waals surface area (Å²) < 4.78 is 12.9. The van der Waals surface area contributed by atoms with Gasteiger partial charge in [0.15, 0.2) is 6.61 Å². The normalized spacial score (nSPS) is 10.4. The van der Waals surface area contributed by atoms with Crippen LogP contribution >= 0.6 is 0 Å². The predicted octanol–water partition coefficient (Wildman–Crippen LogP) is 4.14. The number of nitrogens with zero attached hydrogens (tertiary/aromatic N) is 3. The fourth-order valence-electron chi connectivity index (χ4n) is 2.78. The molecule has 30 heavy (non-hydrogen) atoms. The highest BCUT2D eigenvalue weighted by Crippen LogP contribution is 2.22. The largest absolute Gasteiger partial charge is 0.484 e. The Balaban J connectivity index is 1.29. The number of aromatic nitrogens is 3. The van der Waals surface area contributed by atoms with E-state index in [-0.39, 0.29) is 12.5 Å². The number of hydrogen-bond donors (Lipinski definition) is 1. The molecular weight excluding hydrogens is 380 g/mol. The maximum Gasteiger partial charge on any atom is 0.263 e. The van der Waals surface area contributed by atoms with E-state index in [0.29, 0.717) is 29.7 Å². The average Bonchev–Trinajstić information content (AvgIpc) is 3.21. The van der Waals surface area contributed by atoms with Crippen molar-refractivity contribution < 1.29 is 14.3 Å². The SMILES string of the molecule is O=C(COc1ccc(Oc2ccccn2)cc1)Nc1ccnn1Cc1ccccc1. The zero-order valence-corrected chi connectivity index (χ0v) is 16.1. The van der Waals surface area contributed by atoms with Gasteiger partial charge in [0, 0.05) is 18.3 Å². The Hall–Kier alpha value is -4.13. The first-order chi connectivity index (χ1) is 14.8. The van der Waals surface area contributed by atoms with Crippen molar-refractivity contribution in [2.75, 3.05) is 11.9 Å². The van der Waals surface area contributed by atoms with Crippen LogP contribution in [0.15, 0.2) is 91.3 Å². The highest BCUT2D eigenvalue weighted by Gasteiger charge is 2.09. The summed E-state index contributed by atoms with van der Waals surface area (Å²) >= 11 is 0. The van der Waals surface area contributed by atoms with E-state index in [1.807, 2.05) is 42.5 Å². The molecule has 0 radical (unpaired) electrons. The zero-order valence-electron chi connectivity index (χ0n) is 16.1. The highest BCUT2D eigenvalue weighted by atomic mass is 16.5. The molecule has 4 aromatic rings. The lowest BCUT2D eigenvalue weighted by molar-refractivity contribution is -0.118. The number of carbonyl (C=O) groups is 1. The van der Waals surface area contributed by atoms with Crippen molar-refractivity contribution in [2.24, 2.45) is 0 Å². The first-order valence-electron chi connectivity index (χ1n) is 9.43. The summed E-state index contributed by atoms with van der Waals surface area (Å²) in [5, 5.41) is 7.10. The molecule has 0 saturated heterocycles. The maximum absolute atomic E-state index is 12.3. The molecular formula is C23H20N4O3. The van der Waals surface area contributed by atoms with E-state index in [4.69, 9.17) is 9.47 Å². The van der Waals surface area contributed by atoms with Gasteiger partial charge in [0.05, 0.1) is 12.7 Å². The van der Waals surface area contributed by atoms with Crippen LogP contribution in [0.3, 0.4) is 0 Å². The number of benzene rings is 2.